The average molecular weight is 374 g/mol. The van der Waals surface area contributed by atoms with Gasteiger partial charge in [0.1, 0.15) is 0 Å². The molecule has 0 saturated heterocycles. The fourth-order valence-electron chi connectivity index (χ4n) is 0.673. The van der Waals surface area contributed by atoms with Gasteiger partial charge >= 0.3 is 7.12 Å². The van der Waals surface area contributed by atoms with Crippen molar-refractivity contribution in [3.05, 3.63) is 25.3 Å². The van der Waals surface area contributed by atoms with Crippen LogP contribution >= 0.6 is 45.2 Å². The fraction of sp³-hybridized carbons (Fsp3) is 0. The van der Waals surface area contributed by atoms with E-state index < -0.39 is 7.12 Å². The SMILES string of the molecule is OB(O)c1ccc(I)c(I)c1. The Morgan fingerprint density at radius 3 is 2.18 bits per heavy atom. The van der Waals surface area contributed by atoms with E-state index >= 15 is 0 Å². The third kappa shape index (κ3) is 2.57. The third-order valence-electron chi connectivity index (χ3n) is 1.24. The first kappa shape index (κ1) is 9.75. The highest BCUT2D eigenvalue weighted by Gasteiger charge is 2.11. The van der Waals surface area contributed by atoms with Gasteiger partial charge in [-0.2, -0.15) is 0 Å². The number of rotatable bonds is 1. The van der Waals surface area contributed by atoms with Gasteiger partial charge in [-0.05, 0) is 62.8 Å². The zero-order valence-electron chi connectivity index (χ0n) is 5.46. The van der Waals surface area contributed by atoms with Crippen molar-refractivity contribution in [2.24, 2.45) is 0 Å². The first-order valence-corrected chi connectivity index (χ1v) is 5.08. The summed E-state index contributed by atoms with van der Waals surface area (Å²) >= 11 is 4.35. The molecule has 0 fully saturated rings. The lowest BCUT2D eigenvalue weighted by molar-refractivity contribution is 0.426. The van der Waals surface area contributed by atoms with E-state index in [4.69, 9.17) is 10.0 Å². The van der Waals surface area contributed by atoms with Crippen molar-refractivity contribution in [1.82, 2.24) is 0 Å². The predicted molar refractivity (Wildman–Crippen MR) is 61.7 cm³/mol. The molecule has 0 spiro atoms. The van der Waals surface area contributed by atoms with Crippen molar-refractivity contribution >= 4 is 57.8 Å². The Morgan fingerprint density at radius 2 is 1.73 bits per heavy atom. The van der Waals surface area contributed by atoms with Crippen molar-refractivity contribution in [1.29, 1.82) is 0 Å². The van der Waals surface area contributed by atoms with E-state index in [2.05, 4.69) is 45.2 Å². The average Bonchev–Trinajstić information content (AvgIpc) is 1.94. The minimum absolute atomic E-state index is 0.537. The molecule has 1 aromatic rings. The molecule has 0 radical (unpaired) electrons. The second kappa shape index (κ2) is 4.06. The summed E-state index contributed by atoms with van der Waals surface area (Å²) in [5, 5.41) is 17.6. The molecule has 58 valence electrons. The Morgan fingerprint density at radius 1 is 1.09 bits per heavy atom. The minimum Gasteiger partial charge on any atom is -0.423 e. The highest BCUT2D eigenvalue weighted by Crippen LogP contribution is 2.12. The topological polar surface area (TPSA) is 40.5 Å². The monoisotopic (exact) mass is 374 g/mol. The summed E-state index contributed by atoms with van der Waals surface area (Å²) in [5.41, 5.74) is 0.537. The fourth-order valence-corrected chi connectivity index (χ4v) is 1.55. The largest absolute Gasteiger partial charge is 0.488 e. The zero-order valence-corrected chi connectivity index (χ0v) is 9.77. The molecule has 1 rings (SSSR count). The van der Waals surface area contributed by atoms with Gasteiger partial charge in [0, 0.05) is 7.14 Å². The molecular formula is C6H5BI2O2. The predicted octanol–water partition coefficient (Wildman–Crippen LogP) is 0.576. The number of hydrogen-bond donors (Lipinski definition) is 2. The van der Waals surface area contributed by atoms with Crippen molar-refractivity contribution < 1.29 is 10.0 Å². The normalized spacial score (nSPS) is 9.82. The summed E-state index contributed by atoms with van der Waals surface area (Å²) in [6, 6.07) is 5.32. The van der Waals surface area contributed by atoms with Gasteiger partial charge in [0.25, 0.3) is 0 Å². The van der Waals surface area contributed by atoms with Crippen LogP contribution in [0.3, 0.4) is 0 Å². The van der Waals surface area contributed by atoms with Gasteiger partial charge in [0.2, 0.25) is 0 Å². The molecule has 0 aromatic heterocycles. The maximum atomic E-state index is 8.79. The maximum Gasteiger partial charge on any atom is 0.488 e. The molecule has 0 aliphatic rings. The second-order valence-corrected chi connectivity index (χ2v) is 4.37. The van der Waals surface area contributed by atoms with E-state index in [9.17, 15) is 0 Å². The van der Waals surface area contributed by atoms with Crippen LogP contribution in [-0.2, 0) is 0 Å². The molecule has 2 nitrogen and oxygen atoms in total. The highest BCUT2D eigenvalue weighted by molar-refractivity contribution is 14.1. The van der Waals surface area contributed by atoms with Crippen LogP contribution < -0.4 is 5.46 Å². The van der Waals surface area contributed by atoms with E-state index in [0.717, 1.165) is 7.14 Å². The van der Waals surface area contributed by atoms with Gasteiger partial charge in [-0.15, -0.1) is 0 Å². The van der Waals surface area contributed by atoms with Gasteiger partial charge in [0.15, 0.2) is 0 Å². The summed E-state index contributed by atoms with van der Waals surface area (Å²) in [6.45, 7) is 0. The summed E-state index contributed by atoms with van der Waals surface area (Å²) < 4.78 is 2.15. The van der Waals surface area contributed by atoms with Crippen LogP contribution in [0.2, 0.25) is 0 Å². The second-order valence-electron chi connectivity index (χ2n) is 2.05. The van der Waals surface area contributed by atoms with Crippen LogP contribution in [0.15, 0.2) is 18.2 Å². The van der Waals surface area contributed by atoms with Crippen molar-refractivity contribution in [2.45, 2.75) is 0 Å². The first-order chi connectivity index (χ1) is 5.11. The molecule has 0 unspecified atom stereocenters. The molecule has 0 atom stereocenters. The Kier molecular flexibility index (Phi) is 3.60. The van der Waals surface area contributed by atoms with Gasteiger partial charge in [-0.1, -0.05) is 6.07 Å². The Hall–Kier alpha value is 0.665. The molecule has 0 amide bonds. The third-order valence-corrected chi connectivity index (χ3v) is 4.11. The van der Waals surface area contributed by atoms with Gasteiger partial charge in [0.05, 0.1) is 0 Å². The lowest BCUT2D eigenvalue weighted by atomic mass is 9.81. The summed E-state index contributed by atoms with van der Waals surface area (Å²) in [7, 11) is -1.36. The lowest BCUT2D eigenvalue weighted by Gasteiger charge is -2.00. The molecule has 2 N–H and O–H groups in total. The Bertz CT molecular complexity index is 265. The summed E-state index contributed by atoms with van der Waals surface area (Å²) in [6.07, 6.45) is 0. The van der Waals surface area contributed by atoms with Crippen molar-refractivity contribution in [3.63, 3.8) is 0 Å². The molecule has 0 saturated carbocycles. The first-order valence-electron chi connectivity index (χ1n) is 2.92. The van der Waals surface area contributed by atoms with Gasteiger partial charge in [-0.25, -0.2) is 0 Å². The Balaban J connectivity index is 3.05. The van der Waals surface area contributed by atoms with E-state index in [-0.39, 0.29) is 0 Å². The van der Waals surface area contributed by atoms with E-state index in [1.165, 1.54) is 0 Å². The van der Waals surface area contributed by atoms with Crippen LogP contribution in [0.1, 0.15) is 0 Å². The van der Waals surface area contributed by atoms with E-state index in [1.54, 1.807) is 12.1 Å². The van der Waals surface area contributed by atoms with Crippen LogP contribution in [0, 0.1) is 7.14 Å². The molecule has 0 bridgehead atoms. The van der Waals surface area contributed by atoms with Crippen molar-refractivity contribution in [3.8, 4) is 0 Å². The number of hydrogen-bond acceptors (Lipinski definition) is 2. The molecule has 5 heteroatoms. The number of benzene rings is 1. The summed E-state index contributed by atoms with van der Waals surface area (Å²) in [5.74, 6) is 0. The van der Waals surface area contributed by atoms with Crippen LogP contribution in [-0.4, -0.2) is 17.2 Å². The van der Waals surface area contributed by atoms with Gasteiger partial charge < -0.3 is 10.0 Å². The Labute approximate surface area is 92.4 Å². The molecule has 0 aliphatic carbocycles. The molecule has 1 aromatic carbocycles. The quantitative estimate of drug-likeness (QED) is 0.558. The maximum absolute atomic E-state index is 8.79. The molecular weight excluding hydrogens is 369 g/mol. The number of halogens is 2. The summed E-state index contributed by atoms with van der Waals surface area (Å²) in [4.78, 5) is 0. The smallest absolute Gasteiger partial charge is 0.423 e. The minimum atomic E-state index is -1.36. The van der Waals surface area contributed by atoms with E-state index in [1.807, 2.05) is 6.07 Å². The van der Waals surface area contributed by atoms with E-state index in [0.29, 0.717) is 5.46 Å². The van der Waals surface area contributed by atoms with Crippen molar-refractivity contribution in [2.75, 3.05) is 0 Å². The van der Waals surface area contributed by atoms with Gasteiger partial charge in [-0.3, -0.25) is 0 Å². The van der Waals surface area contributed by atoms with Crippen LogP contribution in [0.5, 0.6) is 0 Å². The zero-order chi connectivity index (χ0) is 8.43. The molecule has 0 heterocycles. The highest BCUT2D eigenvalue weighted by atomic mass is 127. The molecule has 0 aliphatic heterocycles. The molecule has 11 heavy (non-hydrogen) atoms. The van der Waals surface area contributed by atoms with Crippen LogP contribution in [0.4, 0.5) is 0 Å². The lowest BCUT2D eigenvalue weighted by Crippen LogP contribution is -2.29. The van der Waals surface area contributed by atoms with Crippen LogP contribution in [0.25, 0.3) is 0 Å². The standard InChI is InChI=1S/C6H5BI2O2/c8-5-2-1-4(7(10)11)3-6(5)9/h1-3,10-11H.